The molecule has 3 aromatic rings. The summed E-state index contributed by atoms with van der Waals surface area (Å²) in [6.07, 6.45) is 0.187. The minimum Gasteiger partial charge on any atom is -0.326 e. The van der Waals surface area contributed by atoms with E-state index in [9.17, 15) is 17.6 Å². The maximum absolute atomic E-state index is 13.1. The Morgan fingerprint density at radius 2 is 1.67 bits per heavy atom. The first-order valence-corrected chi connectivity index (χ1v) is 10.9. The number of rotatable bonds is 7. The number of hydrogen-bond acceptors (Lipinski definition) is 3. The highest BCUT2D eigenvalue weighted by molar-refractivity contribution is 7.92. The fraction of sp³-hybridized carbons (Fsp3) is 0.174. The second-order valence-electron chi connectivity index (χ2n) is 7.04. The van der Waals surface area contributed by atoms with Gasteiger partial charge in [0, 0.05) is 19.2 Å². The Morgan fingerprint density at radius 1 is 1.00 bits per heavy atom. The zero-order valence-electron chi connectivity index (χ0n) is 16.7. The monoisotopic (exact) mass is 426 g/mol. The van der Waals surface area contributed by atoms with E-state index in [4.69, 9.17) is 0 Å². The third-order valence-electron chi connectivity index (χ3n) is 4.83. The lowest BCUT2D eigenvalue weighted by Gasteiger charge is -2.20. The maximum Gasteiger partial charge on any atom is 0.264 e. The van der Waals surface area contributed by atoms with Crippen molar-refractivity contribution in [3.8, 4) is 0 Å². The van der Waals surface area contributed by atoms with E-state index in [2.05, 4.69) is 5.32 Å². The summed E-state index contributed by atoms with van der Waals surface area (Å²) < 4.78 is 40.2. The van der Waals surface area contributed by atoms with E-state index in [1.54, 1.807) is 48.5 Å². The largest absolute Gasteiger partial charge is 0.326 e. The first kappa shape index (κ1) is 21.5. The Bertz CT molecular complexity index is 1120. The lowest BCUT2D eigenvalue weighted by atomic mass is 9.97. The second kappa shape index (κ2) is 9.09. The van der Waals surface area contributed by atoms with E-state index < -0.39 is 10.0 Å². The van der Waals surface area contributed by atoms with Gasteiger partial charge in [-0.15, -0.1) is 0 Å². The molecule has 7 heteroatoms. The van der Waals surface area contributed by atoms with Crippen molar-refractivity contribution in [3.05, 3.63) is 90.2 Å². The van der Waals surface area contributed by atoms with E-state index in [-0.39, 0.29) is 29.0 Å². The number of halogens is 1. The number of nitrogens with zero attached hydrogens (tertiary/aromatic N) is 1. The van der Waals surface area contributed by atoms with Crippen LogP contribution >= 0.6 is 0 Å². The topological polar surface area (TPSA) is 66.5 Å². The molecule has 1 unspecified atom stereocenters. The molecule has 0 bridgehead atoms. The van der Waals surface area contributed by atoms with Crippen molar-refractivity contribution in [2.24, 2.45) is 0 Å². The molecule has 1 N–H and O–H groups in total. The van der Waals surface area contributed by atoms with Crippen LogP contribution in [0.1, 0.15) is 24.8 Å². The molecular formula is C23H23FN2O3S. The standard InChI is InChI=1S/C23H23FN2O3S/c1-17(18-11-13-19(24)14-12-18)15-23(27)25-20-7-6-10-22(16-20)30(28,29)26(2)21-8-4-3-5-9-21/h3-14,16-17H,15H2,1-2H3,(H,25,27). The van der Waals surface area contributed by atoms with Gasteiger partial charge >= 0.3 is 0 Å². The Kier molecular flexibility index (Phi) is 6.52. The third kappa shape index (κ3) is 5.04. The first-order valence-electron chi connectivity index (χ1n) is 9.47. The molecule has 0 aromatic heterocycles. The summed E-state index contributed by atoms with van der Waals surface area (Å²) in [4.78, 5) is 12.5. The van der Waals surface area contributed by atoms with Gasteiger partial charge in [-0.05, 0) is 53.9 Å². The summed E-state index contributed by atoms with van der Waals surface area (Å²) in [5, 5.41) is 2.75. The molecule has 0 aliphatic carbocycles. The van der Waals surface area contributed by atoms with Gasteiger partial charge in [-0.3, -0.25) is 9.10 Å². The summed E-state index contributed by atoms with van der Waals surface area (Å²) >= 11 is 0. The summed E-state index contributed by atoms with van der Waals surface area (Å²) in [6, 6.07) is 20.9. The van der Waals surface area contributed by atoms with Gasteiger partial charge in [-0.25, -0.2) is 12.8 Å². The molecule has 0 fully saturated rings. The molecule has 5 nitrogen and oxygen atoms in total. The van der Waals surface area contributed by atoms with Crippen LogP contribution in [0.2, 0.25) is 0 Å². The van der Waals surface area contributed by atoms with Gasteiger partial charge in [0.05, 0.1) is 10.6 Å². The zero-order chi connectivity index (χ0) is 21.7. The number of benzene rings is 3. The van der Waals surface area contributed by atoms with E-state index in [1.165, 1.54) is 35.6 Å². The second-order valence-corrected chi connectivity index (χ2v) is 9.01. The van der Waals surface area contributed by atoms with Crippen LogP contribution in [0, 0.1) is 5.82 Å². The van der Waals surface area contributed by atoms with E-state index in [1.807, 2.05) is 13.0 Å². The van der Waals surface area contributed by atoms with Crippen molar-refractivity contribution in [1.82, 2.24) is 0 Å². The minimum absolute atomic E-state index is 0.0817. The van der Waals surface area contributed by atoms with Crippen LogP contribution in [0.4, 0.5) is 15.8 Å². The van der Waals surface area contributed by atoms with Crippen LogP contribution in [0.5, 0.6) is 0 Å². The molecular weight excluding hydrogens is 403 g/mol. The molecule has 3 aromatic carbocycles. The van der Waals surface area contributed by atoms with E-state index in [0.717, 1.165) is 5.56 Å². The van der Waals surface area contributed by atoms with Gasteiger partial charge in [-0.1, -0.05) is 43.3 Å². The van der Waals surface area contributed by atoms with E-state index in [0.29, 0.717) is 11.4 Å². The Balaban J connectivity index is 1.72. The van der Waals surface area contributed by atoms with Gasteiger partial charge in [0.25, 0.3) is 10.0 Å². The van der Waals surface area contributed by atoms with Crippen molar-refractivity contribution in [3.63, 3.8) is 0 Å². The van der Waals surface area contributed by atoms with Gasteiger partial charge in [0.2, 0.25) is 5.91 Å². The summed E-state index contributed by atoms with van der Waals surface area (Å²) in [7, 11) is -2.29. The normalized spacial score (nSPS) is 12.2. The SMILES string of the molecule is CC(CC(=O)Nc1cccc(S(=O)(=O)N(C)c2ccccc2)c1)c1ccc(F)cc1. The molecule has 0 radical (unpaired) electrons. The lowest BCUT2D eigenvalue weighted by molar-refractivity contribution is -0.116. The Morgan fingerprint density at radius 3 is 2.33 bits per heavy atom. The average Bonchev–Trinajstić information content (AvgIpc) is 2.74. The number of anilines is 2. The van der Waals surface area contributed by atoms with Gasteiger partial charge < -0.3 is 5.32 Å². The number of para-hydroxylation sites is 1. The molecule has 30 heavy (non-hydrogen) atoms. The van der Waals surface area contributed by atoms with Crippen LogP contribution < -0.4 is 9.62 Å². The predicted molar refractivity (Wildman–Crippen MR) is 117 cm³/mol. The molecule has 0 heterocycles. The zero-order valence-corrected chi connectivity index (χ0v) is 17.6. The van der Waals surface area contributed by atoms with Crippen LogP contribution in [0.25, 0.3) is 0 Å². The van der Waals surface area contributed by atoms with Crippen LogP contribution in [-0.2, 0) is 14.8 Å². The summed E-state index contributed by atoms with van der Waals surface area (Å²) in [5.74, 6) is -0.687. The molecule has 0 aliphatic rings. The Labute approximate surface area is 176 Å². The molecule has 156 valence electrons. The summed E-state index contributed by atoms with van der Waals surface area (Å²) in [6.45, 7) is 1.88. The Hall–Kier alpha value is -3.19. The lowest BCUT2D eigenvalue weighted by Crippen LogP contribution is -2.26. The van der Waals surface area contributed by atoms with Crippen LogP contribution in [-0.4, -0.2) is 21.4 Å². The van der Waals surface area contributed by atoms with Crippen molar-refractivity contribution in [2.75, 3.05) is 16.7 Å². The van der Waals surface area contributed by atoms with Gasteiger partial charge in [0.1, 0.15) is 5.82 Å². The molecule has 3 rings (SSSR count). The molecule has 0 spiro atoms. The van der Waals surface area contributed by atoms with Gasteiger partial charge in [-0.2, -0.15) is 0 Å². The molecule has 0 aliphatic heterocycles. The number of carbonyl (C=O) groups excluding carboxylic acids is 1. The number of carbonyl (C=O) groups is 1. The first-order chi connectivity index (χ1) is 14.3. The maximum atomic E-state index is 13.1. The summed E-state index contributed by atoms with van der Waals surface area (Å²) in [5.41, 5.74) is 1.79. The van der Waals surface area contributed by atoms with Crippen LogP contribution in [0.15, 0.2) is 83.8 Å². The highest BCUT2D eigenvalue weighted by Gasteiger charge is 2.22. The predicted octanol–water partition coefficient (Wildman–Crippen LogP) is 4.78. The fourth-order valence-electron chi connectivity index (χ4n) is 3.07. The molecule has 1 atom stereocenters. The van der Waals surface area contributed by atoms with Gasteiger partial charge in [0.15, 0.2) is 0 Å². The molecule has 0 saturated carbocycles. The quantitative estimate of drug-likeness (QED) is 0.591. The molecule has 1 amide bonds. The van der Waals surface area contributed by atoms with E-state index >= 15 is 0 Å². The molecule has 0 saturated heterocycles. The van der Waals surface area contributed by atoms with Crippen molar-refractivity contribution in [1.29, 1.82) is 0 Å². The highest BCUT2D eigenvalue weighted by atomic mass is 32.2. The fourth-order valence-corrected chi connectivity index (χ4v) is 4.31. The minimum atomic E-state index is -3.77. The van der Waals surface area contributed by atoms with Crippen molar-refractivity contribution < 1.29 is 17.6 Å². The number of amides is 1. The smallest absolute Gasteiger partial charge is 0.264 e. The number of sulfonamides is 1. The highest BCUT2D eigenvalue weighted by Crippen LogP contribution is 2.24. The average molecular weight is 427 g/mol. The number of nitrogens with one attached hydrogen (secondary N) is 1. The van der Waals surface area contributed by atoms with Crippen molar-refractivity contribution in [2.45, 2.75) is 24.2 Å². The van der Waals surface area contributed by atoms with Crippen molar-refractivity contribution >= 4 is 27.3 Å². The third-order valence-corrected chi connectivity index (χ3v) is 6.61. The van der Waals surface area contributed by atoms with Crippen LogP contribution in [0.3, 0.4) is 0 Å². The number of hydrogen-bond donors (Lipinski definition) is 1.